The Kier molecular flexibility index (Phi) is 4.62. The number of nitrogens with zero attached hydrogens (tertiary/aromatic N) is 1. The van der Waals surface area contributed by atoms with Crippen LogP contribution in [0.4, 0.5) is 0 Å². The van der Waals surface area contributed by atoms with E-state index in [2.05, 4.69) is 44.8 Å². The Labute approximate surface area is 120 Å². The number of hydrogen-bond donors (Lipinski definition) is 1. The summed E-state index contributed by atoms with van der Waals surface area (Å²) in [5, 5.41) is 3.90. The molecule has 1 N–H and O–H groups in total. The minimum atomic E-state index is 0.421. The van der Waals surface area contributed by atoms with E-state index < -0.39 is 0 Å². The first-order valence-electron chi connectivity index (χ1n) is 8.38. The molecule has 1 spiro atoms. The summed E-state index contributed by atoms with van der Waals surface area (Å²) in [6.45, 7) is 15.7. The quantitative estimate of drug-likeness (QED) is 0.835. The maximum atomic E-state index is 3.90. The molecule has 2 fully saturated rings. The smallest absolute Gasteiger partial charge is 0.0309 e. The molecule has 2 heteroatoms. The fourth-order valence-electron chi connectivity index (χ4n) is 3.72. The maximum Gasteiger partial charge on any atom is 0.0309 e. The highest BCUT2D eigenvalue weighted by molar-refractivity contribution is 5.01. The molecule has 0 amide bonds. The molecule has 0 radical (unpaired) electrons. The van der Waals surface area contributed by atoms with Crippen molar-refractivity contribution in [1.29, 1.82) is 0 Å². The maximum absolute atomic E-state index is 3.90. The summed E-state index contributed by atoms with van der Waals surface area (Å²) in [6.07, 6.45) is 6.90. The molecule has 1 atom stereocenters. The molecule has 0 aromatic heterocycles. The van der Waals surface area contributed by atoms with Crippen LogP contribution in [0.2, 0.25) is 0 Å². The van der Waals surface area contributed by atoms with Gasteiger partial charge in [-0.3, -0.25) is 4.90 Å². The molecule has 0 bridgehead atoms. The van der Waals surface area contributed by atoms with Gasteiger partial charge < -0.3 is 5.32 Å². The highest BCUT2D eigenvalue weighted by Crippen LogP contribution is 2.36. The molecular formula is C17H34N2. The van der Waals surface area contributed by atoms with Crippen molar-refractivity contribution in [1.82, 2.24) is 10.2 Å². The third-order valence-electron chi connectivity index (χ3n) is 5.94. The summed E-state index contributed by atoms with van der Waals surface area (Å²) in [5.74, 6) is 0.749. The Bertz CT molecular complexity index is 288. The van der Waals surface area contributed by atoms with Gasteiger partial charge in [0, 0.05) is 31.2 Å². The highest BCUT2D eigenvalue weighted by Gasteiger charge is 2.42. The van der Waals surface area contributed by atoms with E-state index in [1.807, 2.05) is 0 Å². The molecule has 1 aliphatic carbocycles. The zero-order chi connectivity index (χ0) is 14.1. The standard InChI is InChI=1S/C17H34N2/c1-6-15-11-18-17(9-7-8-10-17)13-19(15)12-16(4,5)14(2)3/h14-15,18H,6-13H2,1-5H3. The van der Waals surface area contributed by atoms with E-state index in [-0.39, 0.29) is 0 Å². The van der Waals surface area contributed by atoms with E-state index in [1.54, 1.807) is 0 Å². The van der Waals surface area contributed by atoms with Crippen molar-refractivity contribution >= 4 is 0 Å². The van der Waals surface area contributed by atoms with Crippen molar-refractivity contribution in [2.24, 2.45) is 11.3 Å². The van der Waals surface area contributed by atoms with Crippen LogP contribution in [0.25, 0.3) is 0 Å². The second kappa shape index (κ2) is 5.73. The van der Waals surface area contributed by atoms with Gasteiger partial charge in [-0.2, -0.15) is 0 Å². The van der Waals surface area contributed by atoms with Crippen LogP contribution in [0.1, 0.15) is 66.7 Å². The normalized spacial score (nSPS) is 28.4. The van der Waals surface area contributed by atoms with Crippen LogP contribution in [-0.2, 0) is 0 Å². The first kappa shape index (κ1) is 15.3. The van der Waals surface area contributed by atoms with Crippen molar-refractivity contribution in [3.05, 3.63) is 0 Å². The van der Waals surface area contributed by atoms with Crippen molar-refractivity contribution in [3.8, 4) is 0 Å². The molecule has 0 aromatic carbocycles. The molecule has 2 aliphatic rings. The van der Waals surface area contributed by atoms with Gasteiger partial charge in [0.25, 0.3) is 0 Å². The topological polar surface area (TPSA) is 15.3 Å². The second-order valence-electron chi connectivity index (χ2n) is 7.98. The van der Waals surface area contributed by atoms with E-state index in [9.17, 15) is 0 Å². The first-order valence-corrected chi connectivity index (χ1v) is 8.38. The number of rotatable bonds is 4. The molecule has 2 rings (SSSR count). The van der Waals surface area contributed by atoms with E-state index in [4.69, 9.17) is 0 Å². The number of hydrogen-bond acceptors (Lipinski definition) is 2. The predicted octanol–water partition coefficient (Wildman–Crippen LogP) is 3.67. The van der Waals surface area contributed by atoms with E-state index >= 15 is 0 Å². The molecule has 2 nitrogen and oxygen atoms in total. The monoisotopic (exact) mass is 266 g/mol. The van der Waals surface area contributed by atoms with Gasteiger partial charge in [-0.15, -0.1) is 0 Å². The van der Waals surface area contributed by atoms with Gasteiger partial charge in [0.15, 0.2) is 0 Å². The predicted molar refractivity (Wildman–Crippen MR) is 83.5 cm³/mol. The zero-order valence-corrected chi connectivity index (χ0v) is 13.8. The molecule has 0 aromatic rings. The Morgan fingerprint density at radius 3 is 2.42 bits per heavy atom. The average Bonchev–Trinajstić information content (AvgIpc) is 2.77. The van der Waals surface area contributed by atoms with Gasteiger partial charge in [0.2, 0.25) is 0 Å². The van der Waals surface area contributed by atoms with Crippen molar-refractivity contribution in [2.75, 3.05) is 19.6 Å². The van der Waals surface area contributed by atoms with Gasteiger partial charge in [-0.1, -0.05) is 47.5 Å². The summed E-state index contributed by atoms with van der Waals surface area (Å²) in [6, 6.07) is 0.740. The lowest BCUT2D eigenvalue weighted by Gasteiger charge is -2.49. The molecule has 1 aliphatic heterocycles. The minimum Gasteiger partial charge on any atom is -0.308 e. The summed E-state index contributed by atoms with van der Waals surface area (Å²) in [7, 11) is 0. The zero-order valence-electron chi connectivity index (χ0n) is 13.8. The largest absolute Gasteiger partial charge is 0.308 e. The Morgan fingerprint density at radius 1 is 1.26 bits per heavy atom. The van der Waals surface area contributed by atoms with Gasteiger partial charge >= 0.3 is 0 Å². The van der Waals surface area contributed by atoms with Crippen LogP contribution in [-0.4, -0.2) is 36.1 Å². The van der Waals surface area contributed by atoms with Gasteiger partial charge in [-0.05, 0) is 30.6 Å². The van der Waals surface area contributed by atoms with Gasteiger partial charge in [0.05, 0.1) is 0 Å². The van der Waals surface area contributed by atoms with E-state index in [1.165, 1.54) is 51.7 Å². The molecule has 1 heterocycles. The third-order valence-corrected chi connectivity index (χ3v) is 5.94. The van der Waals surface area contributed by atoms with Crippen LogP contribution in [0.5, 0.6) is 0 Å². The lowest BCUT2D eigenvalue weighted by atomic mass is 9.79. The number of nitrogens with one attached hydrogen (secondary N) is 1. The first-order chi connectivity index (χ1) is 8.88. The fourth-order valence-corrected chi connectivity index (χ4v) is 3.72. The fraction of sp³-hybridized carbons (Fsp3) is 1.00. The Balaban J connectivity index is 2.05. The SMILES string of the molecule is CCC1CNC2(CCCC2)CN1CC(C)(C)C(C)C. The highest BCUT2D eigenvalue weighted by atomic mass is 15.3. The van der Waals surface area contributed by atoms with Crippen LogP contribution in [0.3, 0.4) is 0 Å². The van der Waals surface area contributed by atoms with Crippen LogP contribution in [0.15, 0.2) is 0 Å². The molecular weight excluding hydrogens is 232 g/mol. The molecule has 1 saturated heterocycles. The van der Waals surface area contributed by atoms with E-state index in [0.29, 0.717) is 11.0 Å². The molecule has 1 unspecified atom stereocenters. The van der Waals surface area contributed by atoms with Gasteiger partial charge in [-0.25, -0.2) is 0 Å². The Hall–Kier alpha value is -0.0800. The lowest BCUT2D eigenvalue weighted by molar-refractivity contribution is 0.0326. The van der Waals surface area contributed by atoms with Gasteiger partial charge in [0.1, 0.15) is 0 Å². The summed E-state index contributed by atoms with van der Waals surface area (Å²) in [4.78, 5) is 2.81. The summed E-state index contributed by atoms with van der Waals surface area (Å²) >= 11 is 0. The lowest BCUT2D eigenvalue weighted by Crippen LogP contribution is -2.64. The summed E-state index contributed by atoms with van der Waals surface area (Å²) in [5.41, 5.74) is 0.878. The molecule has 19 heavy (non-hydrogen) atoms. The third kappa shape index (κ3) is 3.33. The average molecular weight is 266 g/mol. The summed E-state index contributed by atoms with van der Waals surface area (Å²) < 4.78 is 0. The molecule has 1 saturated carbocycles. The Morgan fingerprint density at radius 2 is 1.89 bits per heavy atom. The van der Waals surface area contributed by atoms with Crippen LogP contribution >= 0.6 is 0 Å². The molecule has 112 valence electrons. The van der Waals surface area contributed by atoms with Crippen LogP contribution < -0.4 is 5.32 Å². The minimum absolute atomic E-state index is 0.421. The van der Waals surface area contributed by atoms with Crippen molar-refractivity contribution < 1.29 is 0 Å². The second-order valence-corrected chi connectivity index (χ2v) is 7.98. The van der Waals surface area contributed by atoms with Crippen molar-refractivity contribution in [2.45, 2.75) is 78.3 Å². The number of piperazine rings is 1. The van der Waals surface area contributed by atoms with E-state index in [0.717, 1.165) is 12.0 Å². The van der Waals surface area contributed by atoms with Crippen molar-refractivity contribution in [3.63, 3.8) is 0 Å². The van der Waals surface area contributed by atoms with Crippen LogP contribution in [0, 0.1) is 11.3 Å².